The molecule has 3 N–H and O–H groups in total. The number of nitrogens with zero attached hydrogens (tertiary/aromatic N) is 1. The van der Waals surface area contributed by atoms with E-state index in [1.54, 1.807) is 6.07 Å². The second-order valence-corrected chi connectivity index (χ2v) is 3.73. The molecule has 0 fully saturated rings. The minimum absolute atomic E-state index is 0.0867. The molecule has 1 aromatic carbocycles. The Labute approximate surface area is 109 Å². The van der Waals surface area contributed by atoms with Crippen molar-refractivity contribution in [2.75, 3.05) is 13.2 Å². The highest BCUT2D eigenvalue weighted by Crippen LogP contribution is 2.18. The van der Waals surface area contributed by atoms with Crippen LogP contribution in [-0.2, 0) is 4.79 Å². The van der Waals surface area contributed by atoms with Crippen LogP contribution in [0.15, 0.2) is 30.3 Å². The Balaban J connectivity index is 2.66. The van der Waals surface area contributed by atoms with Crippen LogP contribution in [0.5, 0.6) is 0 Å². The molecule has 1 aromatic rings. The average molecular weight is 266 g/mol. The molecular weight excluding hydrogens is 252 g/mol. The highest BCUT2D eigenvalue weighted by molar-refractivity contribution is 5.92. The number of benzene rings is 1. The molecule has 7 heteroatoms. The predicted molar refractivity (Wildman–Crippen MR) is 68.2 cm³/mol. The van der Waals surface area contributed by atoms with E-state index in [0.29, 0.717) is 5.56 Å². The number of nitro benzene ring substituents is 1. The molecule has 19 heavy (non-hydrogen) atoms. The maximum Gasteiger partial charge on any atom is 0.276 e. The van der Waals surface area contributed by atoms with E-state index in [4.69, 9.17) is 10.2 Å². The van der Waals surface area contributed by atoms with E-state index in [9.17, 15) is 14.9 Å². The lowest BCUT2D eigenvalue weighted by molar-refractivity contribution is -0.385. The molecule has 1 unspecified atom stereocenters. The van der Waals surface area contributed by atoms with Gasteiger partial charge < -0.3 is 15.5 Å². The molecule has 0 saturated heterocycles. The Hall–Kier alpha value is -2.25. The van der Waals surface area contributed by atoms with E-state index in [0.717, 1.165) is 6.08 Å². The second kappa shape index (κ2) is 7.24. The fourth-order valence-corrected chi connectivity index (χ4v) is 1.30. The molecule has 0 aliphatic carbocycles. The van der Waals surface area contributed by atoms with Crippen LogP contribution in [0.2, 0.25) is 0 Å². The first-order valence-corrected chi connectivity index (χ1v) is 5.53. The maximum absolute atomic E-state index is 11.4. The minimum Gasteiger partial charge on any atom is -0.394 e. The zero-order chi connectivity index (χ0) is 14.3. The summed E-state index contributed by atoms with van der Waals surface area (Å²) >= 11 is 0. The first-order chi connectivity index (χ1) is 9.04. The van der Waals surface area contributed by atoms with Crippen LogP contribution in [0.4, 0.5) is 5.69 Å². The molecule has 0 bridgehead atoms. The van der Waals surface area contributed by atoms with E-state index in [1.165, 1.54) is 24.3 Å². The van der Waals surface area contributed by atoms with Gasteiger partial charge in [-0.3, -0.25) is 14.9 Å². The molecule has 0 aromatic heterocycles. The molecule has 0 saturated carbocycles. The Bertz CT molecular complexity index is 487. The molecule has 102 valence electrons. The number of carbonyl (C=O) groups is 1. The number of hydrogen-bond acceptors (Lipinski definition) is 5. The number of aliphatic hydroxyl groups excluding tert-OH is 2. The molecule has 0 heterocycles. The summed E-state index contributed by atoms with van der Waals surface area (Å²) in [5.41, 5.74) is 0.215. The molecule has 7 nitrogen and oxygen atoms in total. The summed E-state index contributed by atoms with van der Waals surface area (Å²) in [7, 11) is 0. The third kappa shape index (κ3) is 4.86. The largest absolute Gasteiger partial charge is 0.394 e. The van der Waals surface area contributed by atoms with Crippen molar-refractivity contribution in [1.82, 2.24) is 5.32 Å². The van der Waals surface area contributed by atoms with Gasteiger partial charge in [0.1, 0.15) is 0 Å². The summed E-state index contributed by atoms with van der Waals surface area (Å²) in [6.45, 7) is -0.537. The summed E-state index contributed by atoms with van der Waals surface area (Å²) < 4.78 is 0. The van der Waals surface area contributed by atoms with Crippen molar-refractivity contribution in [2.24, 2.45) is 0 Å². The first kappa shape index (κ1) is 14.8. The number of nitrogens with one attached hydrogen (secondary N) is 1. The summed E-state index contributed by atoms with van der Waals surface area (Å²) in [4.78, 5) is 21.6. The van der Waals surface area contributed by atoms with E-state index < -0.39 is 23.5 Å². The molecular formula is C12H14N2O5. The Kier molecular flexibility index (Phi) is 5.65. The van der Waals surface area contributed by atoms with Gasteiger partial charge in [0, 0.05) is 18.7 Å². The molecule has 0 aliphatic rings. The number of rotatable bonds is 6. The van der Waals surface area contributed by atoms with Crippen LogP contribution >= 0.6 is 0 Å². The highest BCUT2D eigenvalue weighted by Gasteiger charge is 2.09. The van der Waals surface area contributed by atoms with Crippen LogP contribution in [-0.4, -0.2) is 40.3 Å². The summed E-state index contributed by atoms with van der Waals surface area (Å²) in [5, 5.41) is 30.7. The van der Waals surface area contributed by atoms with Crippen molar-refractivity contribution >= 4 is 17.7 Å². The van der Waals surface area contributed by atoms with Gasteiger partial charge in [-0.15, -0.1) is 0 Å². The summed E-state index contributed by atoms with van der Waals surface area (Å²) in [6.07, 6.45) is 1.43. The number of amides is 1. The van der Waals surface area contributed by atoms with Gasteiger partial charge in [-0.1, -0.05) is 12.1 Å². The molecule has 1 rings (SSSR count). The first-order valence-electron chi connectivity index (χ1n) is 5.53. The highest BCUT2D eigenvalue weighted by atomic mass is 16.6. The molecule has 0 spiro atoms. The number of nitro groups is 1. The molecule has 1 amide bonds. The summed E-state index contributed by atoms with van der Waals surface area (Å²) in [5.74, 6) is -0.509. The Morgan fingerprint density at radius 1 is 1.47 bits per heavy atom. The molecule has 0 radical (unpaired) electrons. The van der Waals surface area contributed by atoms with Gasteiger partial charge in [0.05, 0.1) is 23.2 Å². The topological polar surface area (TPSA) is 113 Å². The van der Waals surface area contributed by atoms with E-state index >= 15 is 0 Å². The van der Waals surface area contributed by atoms with Crippen molar-refractivity contribution in [3.63, 3.8) is 0 Å². The van der Waals surface area contributed by atoms with Crippen molar-refractivity contribution in [1.29, 1.82) is 0 Å². The fourth-order valence-electron chi connectivity index (χ4n) is 1.30. The SMILES string of the molecule is O=C(C=Cc1ccccc1[N+](=O)[O-])NCC(O)CO. The number of carbonyl (C=O) groups excluding carboxylic acids is 1. The number of hydrogen-bond donors (Lipinski definition) is 3. The zero-order valence-corrected chi connectivity index (χ0v) is 10.0. The van der Waals surface area contributed by atoms with Crippen LogP contribution in [0, 0.1) is 10.1 Å². The van der Waals surface area contributed by atoms with Gasteiger partial charge in [0.2, 0.25) is 5.91 Å². The standard InChI is InChI=1S/C12H14N2O5/c15-8-10(16)7-13-12(17)6-5-9-3-1-2-4-11(9)14(18)19/h1-6,10,15-16H,7-8H2,(H,13,17). The average Bonchev–Trinajstić information content (AvgIpc) is 2.42. The number of para-hydroxylation sites is 1. The normalized spacial score (nSPS) is 12.3. The molecule has 1 atom stereocenters. The van der Waals surface area contributed by atoms with Gasteiger partial charge in [-0.25, -0.2) is 0 Å². The smallest absolute Gasteiger partial charge is 0.276 e. The monoisotopic (exact) mass is 266 g/mol. The quantitative estimate of drug-likeness (QED) is 0.383. The van der Waals surface area contributed by atoms with Gasteiger partial charge in [0.15, 0.2) is 0 Å². The summed E-state index contributed by atoms with van der Waals surface area (Å²) in [6, 6.07) is 6.02. The fraction of sp³-hybridized carbons (Fsp3) is 0.250. The lowest BCUT2D eigenvalue weighted by atomic mass is 10.1. The maximum atomic E-state index is 11.4. The van der Waals surface area contributed by atoms with E-state index in [-0.39, 0.29) is 12.2 Å². The zero-order valence-electron chi connectivity index (χ0n) is 10.0. The lowest BCUT2D eigenvalue weighted by Crippen LogP contribution is -2.32. The van der Waals surface area contributed by atoms with E-state index in [2.05, 4.69) is 5.32 Å². The lowest BCUT2D eigenvalue weighted by Gasteiger charge is -2.06. The minimum atomic E-state index is -1.02. The van der Waals surface area contributed by atoms with Crippen LogP contribution in [0.25, 0.3) is 6.08 Å². The third-order valence-electron chi connectivity index (χ3n) is 2.27. The van der Waals surface area contributed by atoms with Gasteiger partial charge in [0.25, 0.3) is 5.69 Å². The van der Waals surface area contributed by atoms with E-state index in [1.807, 2.05) is 0 Å². The Morgan fingerprint density at radius 2 is 2.16 bits per heavy atom. The number of aliphatic hydroxyl groups is 2. The van der Waals surface area contributed by atoms with Crippen LogP contribution in [0.1, 0.15) is 5.56 Å². The van der Waals surface area contributed by atoms with Crippen molar-refractivity contribution < 1.29 is 19.9 Å². The van der Waals surface area contributed by atoms with Gasteiger partial charge >= 0.3 is 0 Å². The molecule has 0 aliphatic heterocycles. The van der Waals surface area contributed by atoms with Crippen LogP contribution < -0.4 is 5.32 Å². The van der Waals surface area contributed by atoms with Gasteiger partial charge in [-0.05, 0) is 12.1 Å². The van der Waals surface area contributed by atoms with Crippen molar-refractivity contribution in [2.45, 2.75) is 6.10 Å². The van der Waals surface area contributed by atoms with Crippen molar-refractivity contribution in [3.05, 3.63) is 46.0 Å². The van der Waals surface area contributed by atoms with Gasteiger partial charge in [-0.2, -0.15) is 0 Å². The second-order valence-electron chi connectivity index (χ2n) is 3.73. The Morgan fingerprint density at radius 3 is 2.79 bits per heavy atom. The van der Waals surface area contributed by atoms with Crippen LogP contribution in [0.3, 0.4) is 0 Å². The predicted octanol–water partition coefficient (Wildman–Crippen LogP) is 0.0774. The van der Waals surface area contributed by atoms with Crippen molar-refractivity contribution in [3.8, 4) is 0 Å². The third-order valence-corrected chi connectivity index (χ3v) is 2.27.